The highest BCUT2D eigenvalue weighted by Gasteiger charge is 2.28. The molecule has 5 rings (SSSR count). The van der Waals surface area contributed by atoms with Gasteiger partial charge in [0.2, 0.25) is 0 Å². The summed E-state index contributed by atoms with van der Waals surface area (Å²) in [7, 11) is 1.82. The van der Waals surface area contributed by atoms with Crippen molar-refractivity contribution < 1.29 is 4.79 Å². The molecule has 0 bridgehead atoms. The molecule has 5 aromatic rings. The van der Waals surface area contributed by atoms with Gasteiger partial charge in [-0.1, -0.05) is 41.6 Å². The maximum absolute atomic E-state index is 13.3. The average Bonchev–Trinajstić information content (AvgIpc) is 3.24. The van der Waals surface area contributed by atoms with Crippen LogP contribution in [-0.2, 0) is 12.6 Å². The number of aromatic nitrogens is 7. The van der Waals surface area contributed by atoms with Crippen LogP contribution in [0.3, 0.4) is 0 Å². The van der Waals surface area contributed by atoms with Crippen molar-refractivity contribution in [1.82, 2.24) is 40.5 Å². The van der Waals surface area contributed by atoms with Gasteiger partial charge in [0.15, 0.2) is 11.5 Å². The highest BCUT2D eigenvalue weighted by molar-refractivity contribution is 5.98. The van der Waals surface area contributed by atoms with Crippen molar-refractivity contribution >= 4 is 22.8 Å². The fraction of sp³-hybridized carbons (Fsp3) is 0.160. The lowest BCUT2D eigenvalue weighted by Crippen LogP contribution is -2.42. The molecule has 0 saturated carbocycles. The Morgan fingerprint density at radius 2 is 1.71 bits per heavy atom. The summed E-state index contributed by atoms with van der Waals surface area (Å²) in [6.45, 7) is 3.67. The van der Waals surface area contributed by atoms with Gasteiger partial charge in [-0.2, -0.15) is 10.2 Å². The molecule has 35 heavy (non-hydrogen) atoms. The van der Waals surface area contributed by atoms with E-state index < -0.39 is 11.4 Å². The van der Waals surface area contributed by atoms with E-state index in [-0.39, 0.29) is 11.5 Å². The summed E-state index contributed by atoms with van der Waals surface area (Å²) in [4.78, 5) is 22.7. The van der Waals surface area contributed by atoms with E-state index in [4.69, 9.17) is 10.7 Å². The first-order chi connectivity index (χ1) is 16.8. The van der Waals surface area contributed by atoms with Crippen LogP contribution in [0.4, 0.5) is 5.82 Å². The quantitative estimate of drug-likeness (QED) is 0.404. The summed E-state index contributed by atoms with van der Waals surface area (Å²) >= 11 is 0. The molecule has 10 heteroatoms. The number of rotatable bonds is 5. The summed E-state index contributed by atoms with van der Waals surface area (Å²) in [5, 5.41) is 19.2. The van der Waals surface area contributed by atoms with E-state index in [2.05, 4.69) is 30.8 Å². The lowest BCUT2D eigenvalue weighted by molar-refractivity contribution is 0.0905. The monoisotopic (exact) mass is 465 g/mol. The second-order valence-electron chi connectivity index (χ2n) is 8.63. The van der Waals surface area contributed by atoms with Crippen molar-refractivity contribution in [2.24, 2.45) is 7.05 Å². The van der Waals surface area contributed by atoms with Crippen LogP contribution in [0.25, 0.3) is 33.5 Å². The van der Waals surface area contributed by atoms with Gasteiger partial charge in [-0.25, -0.2) is 14.6 Å². The summed E-state index contributed by atoms with van der Waals surface area (Å²) < 4.78 is 1.68. The van der Waals surface area contributed by atoms with Crippen LogP contribution in [0.15, 0.2) is 66.9 Å². The molecular formula is C25H23N9O. The van der Waals surface area contributed by atoms with Crippen LogP contribution in [0.5, 0.6) is 0 Å². The molecular weight excluding hydrogens is 442 g/mol. The number of fused-ring (bicyclic) bond motifs is 1. The first-order valence-corrected chi connectivity index (χ1v) is 11.0. The van der Waals surface area contributed by atoms with E-state index in [9.17, 15) is 4.79 Å². The topological polar surface area (TPSA) is 137 Å². The van der Waals surface area contributed by atoms with Crippen molar-refractivity contribution in [1.29, 1.82) is 0 Å². The van der Waals surface area contributed by atoms with Crippen molar-refractivity contribution in [3.8, 4) is 22.5 Å². The molecule has 0 saturated heterocycles. The number of nitrogens with zero attached hydrogens (tertiary/aromatic N) is 7. The molecule has 3 aromatic heterocycles. The minimum absolute atomic E-state index is 0.0277. The molecule has 0 aliphatic carbocycles. The largest absolute Gasteiger partial charge is 0.382 e. The minimum Gasteiger partial charge on any atom is -0.382 e. The zero-order chi connectivity index (χ0) is 24.6. The Hall–Kier alpha value is -4.73. The van der Waals surface area contributed by atoms with Gasteiger partial charge in [0.05, 0.1) is 28.1 Å². The van der Waals surface area contributed by atoms with Gasteiger partial charge in [0.25, 0.3) is 5.91 Å². The first-order valence-electron chi connectivity index (χ1n) is 11.0. The Kier molecular flexibility index (Phi) is 5.40. The molecule has 0 unspecified atom stereocenters. The number of nitrogen functional groups attached to an aromatic ring is 1. The number of nitrogens with one attached hydrogen (secondary N) is 1. The predicted molar refractivity (Wildman–Crippen MR) is 132 cm³/mol. The molecule has 10 nitrogen and oxygen atoms in total. The zero-order valence-corrected chi connectivity index (χ0v) is 19.5. The van der Waals surface area contributed by atoms with Crippen LogP contribution in [0.1, 0.15) is 30.0 Å². The number of aryl methyl sites for hydroxylation is 1. The van der Waals surface area contributed by atoms with E-state index in [1.54, 1.807) is 23.0 Å². The fourth-order valence-corrected chi connectivity index (χ4v) is 3.83. The number of benzene rings is 2. The molecule has 3 heterocycles. The molecule has 0 atom stereocenters. The Labute approximate surface area is 201 Å². The Balaban J connectivity index is 1.63. The molecule has 1 amide bonds. The number of carbonyl (C=O) groups excluding carboxylic acids is 1. The van der Waals surface area contributed by atoms with Gasteiger partial charge in [-0.15, -0.1) is 5.10 Å². The minimum atomic E-state index is -0.809. The number of hydrogen-bond acceptors (Lipinski definition) is 8. The van der Waals surface area contributed by atoms with Crippen LogP contribution in [0, 0.1) is 0 Å². The molecule has 0 aliphatic heterocycles. The molecule has 0 aliphatic rings. The third-order valence-corrected chi connectivity index (χ3v) is 5.71. The lowest BCUT2D eigenvalue weighted by Gasteiger charge is -2.25. The van der Waals surface area contributed by atoms with Crippen molar-refractivity contribution in [3.63, 3.8) is 0 Å². The normalized spacial score (nSPS) is 11.5. The maximum atomic E-state index is 13.3. The Morgan fingerprint density at radius 1 is 0.943 bits per heavy atom. The molecule has 2 aromatic carbocycles. The van der Waals surface area contributed by atoms with Crippen molar-refractivity contribution in [3.05, 3.63) is 78.2 Å². The highest BCUT2D eigenvalue weighted by atomic mass is 16.2. The summed E-state index contributed by atoms with van der Waals surface area (Å²) in [6.07, 6.45) is 1.58. The number of hydrogen-bond donors (Lipinski definition) is 2. The summed E-state index contributed by atoms with van der Waals surface area (Å²) in [5.74, 6) is -0.432. The zero-order valence-electron chi connectivity index (χ0n) is 19.5. The van der Waals surface area contributed by atoms with Gasteiger partial charge in [-0.05, 0) is 38.1 Å². The maximum Gasteiger partial charge on any atom is 0.274 e. The van der Waals surface area contributed by atoms with Crippen LogP contribution < -0.4 is 11.1 Å². The molecule has 0 radical (unpaired) electrons. The SMILES string of the molecule is Cn1nnc2ccc(-c3nc(C(=O)NC(C)(C)c4cccnn4)c(N)nc3-c3ccccc3)cc21. The predicted octanol–water partition coefficient (Wildman–Crippen LogP) is 3.13. The fourth-order valence-electron chi connectivity index (χ4n) is 3.83. The van der Waals surface area contributed by atoms with Crippen molar-refractivity contribution in [2.75, 3.05) is 5.73 Å². The standard InChI is InChI=1S/C25H23N9O/c1-25(2,19-10-7-13-27-32-19)30-24(35)22-23(26)29-20(15-8-5-4-6-9-15)21(28-22)16-11-12-17-18(14-16)34(3)33-31-17/h4-14H,1-3H3,(H2,26,29)(H,30,35). The molecule has 3 N–H and O–H groups in total. The van der Waals surface area contributed by atoms with E-state index in [0.29, 0.717) is 17.1 Å². The Bertz CT molecular complexity index is 1530. The summed E-state index contributed by atoms with van der Waals surface area (Å²) in [6, 6.07) is 18.8. The van der Waals surface area contributed by atoms with Crippen LogP contribution >= 0.6 is 0 Å². The number of amides is 1. The molecule has 0 fully saturated rings. The highest BCUT2D eigenvalue weighted by Crippen LogP contribution is 2.32. The average molecular weight is 466 g/mol. The second-order valence-corrected chi connectivity index (χ2v) is 8.63. The number of carbonyl (C=O) groups is 1. The number of nitrogens with two attached hydrogens (primary N) is 1. The number of anilines is 1. The molecule has 0 spiro atoms. The Morgan fingerprint density at radius 3 is 2.46 bits per heavy atom. The third kappa shape index (κ3) is 4.17. The van der Waals surface area contributed by atoms with Gasteiger partial charge < -0.3 is 11.1 Å². The van der Waals surface area contributed by atoms with Crippen LogP contribution in [0.2, 0.25) is 0 Å². The van der Waals surface area contributed by atoms with E-state index >= 15 is 0 Å². The van der Waals surface area contributed by atoms with Crippen molar-refractivity contribution in [2.45, 2.75) is 19.4 Å². The van der Waals surface area contributed by atoms with Gasteiger partial charge in [0.1, 0.15) is 5.52 Å². The smallest absolute Gasteiger partial charge is 0.274 e. The van der Waals surface area contributed by atoms with E-state index in [1.807, 2.05) is 69.4 Å². The lowest BCUT2D eigenvalue weighted by atomic mass is 10.00. The van der Waals surface area contributed by atoms with E-state index in [1.165, 1.54) is 0 Å². The second kappa shape index (κ2) is 8.56. The third-order valence-electron chi connectivity index (χ3n) is 5.71. The molecule has 174 valence electrons. The van der Waals surface area contributed by atoms with Gasteiger partial charge in [-0.3, -0.25) is 4.79 Å². The van der Waals surface area contributed by atoms with Gasteiger partial charge in [0, 0.05) is 24.4 Å². The van der Waals surface area contributed by atoms with Crippen LogP contribution in [-0.4, -0.2) is 41.1 Å². The van der Waals surface area contributed by atoms with E-state index in [0.717, 1.165) is 22.2 Å². The summed E-state index contributed by atoms with van der Waals surface area (Å²) in [5.41, 5.74) is 10.4. The first kappa shape index (κ1) is 22.1. The van der Waals surface area contributed by atoms with Gasteiger partial charge >= 0.3 is 0 Å².